The van der Waals surface area contributed by atoms with Gasteiger partial charge in [-0.25, -0.2) is 9.61 Å². The lowest BCUT2D eigenvalue weighted by molar-refractivity contribution is 0.102. The molecule has 0 aromatic carbocycles. The van der Waals surface area contributed by atoms with Gasteiger partial charge in [-0.05, 0) is 24.9 Å². The highest BCUT2D eigenvalue weighted by molar-refractivity contribution is 7.12. The van der Waals surface area contributed by atoms with Crippen molar-refractivity contribution in [3.8, 4) is 0 Å². The van der Waals surface area contributed by atoms with Crippen LogP contribution in [0.1, 0.15) is 52.7 Å². The molecule has 0 aliphatic heterocycles. The molecule has 0 atom stereocenters. The standard InChI is InChI=1S/C12H14N4O2S/c1-7-11(16-18-15-7)14-12(17)10-9(13-6-19-10)8-4-2-3-5-8/h6,8H,2-5H2,1H3,(H,14,16,17). The van der Waals surface area contributed by atoms with Gasteiger partial charge < -0.3 is 5.32 Å². The van der Waals surface area contributed by atoms with Gasteiger partial charge in [0.05, 0.1) is 11.2 Å². The van der Waals surface area contributed by atoms with Gasteiger partial charge >= 0.3 is 0 Å². The molecular weight excluding hydrogens is 264 g/mol. The van der Waals surface area contributed by atoms with Crippen molar-refractivity contribution < 1.29 is 9.42 Å². The van der Waals surface area contributed by atoms with Crippen molar-refractivity contribution in [1.82, 2.24) is 15.3 Å². The summed E-state index contributed by atoms with van der Waals surface area (Å²) in [4.78, 5) is 17.3. The molecular formula is C12H14N4O2S. The minimum Gasteiger partial charge on any atom is -0.301 e. The highest BCUT2D eigenvalue weighted by Gasteiger charge is 2.26. The number of amides is 1. The van der Waals surface area contributed by atoms with Gasteiger partial charge in [0.2, 0.25) is 5.82 Å². The summed E-state index contributed by atoms with van der Waals surface area (Å²) in [5.74, 6) is 0.613. The lowest BCUT2D eigenvalue weighted by Crippen LogP contribution is -2.14. The van der Waals surface area contributed by atoms with E-state index in [9.17, 15) is 4.79 Å². The molecule has 100 valence electrons. The minimum absolute atomic E-state index is 0.178. The number of carbonyl (C=O) groups excluding carboxylic acids is 1. The highest BCUT2D eigenvalue weighted by Crippen LogP contribution is 2.36. The Hall–Kier alpha value is -1.76. The molecule has 0 bridgehead atoms. The Bertz CT molecular complexity index is 586. The van der Waals surface area contributed by atoms with Gasteiger partial charge in [0, 0.05) is 5.92 Å². The molecule has 1 aliphatic rings. The number of anilines is 1. The Balaban J connectivity index is 1.80. The number of nitrogens with zero attached hydrogens (tertiary/aromatic N) is 3. The maximum atomic E-state index is 12.3. The molecule has 1 N–H and O–H groups in total. The molecule has 0 radical (unpaired) electrons. The van der Waals surface area contributed by atoms with E-state index in [1.54, 1.807) is 12.4 Å². The Labute approximate surface area is 114 Å². The van der Waals surface area contributed by atoms with E-state index in [0.717, 1.165) is 18.5 Å². The summed E-state index contributed by atoms with van der Waals surface area (Å²) in [5.41, 5.74) is 3.23. The van der Waals surface area contributed by atoms with Crippen molar-refractivity contribution in [3.63, 3.8) is 0 Å². The van der Waals surface area contributed by atoms with Crippen LogP contribution in [0.5, 0.6) is 0 Å². The SMILES string of the molecule is Cc1nonc1NC(=O)c1scnc1C1CCCC1. The van der Waals surface area contributed by atoms with E-state index in [2.05, 4.69) is 25.2 Å². The third kappa shape index (κ3) is 2.37. The van der Waals surface area contributed by atoms with Crippen LogP contribution in [0.2, 0.25) is 0 Å². The first kappa shape index (κ1) is 12.3. The van der Waals surface area contributed by atoms with Crippen LogP contribution < -0.4 is 5.32 Å². The van der Waals surface area contributed by atoms with Crippen molar-refractivity contribution >= 4 is 23.1 Å². The van der Waals surface area contributed by atoms with Gasteiger partial charge in [-0.1, -0.05) is 18.0 Å². The highest BCUT2D eigenvalue weighted by atomic mass is 32.1. The molecule has 3 rings (SSSR count). The topological polar surface area (TPSA) is 80.9 Å². The van der Waals surface area contributed by atoms with E-state index in [1.165, 1.54) is 24.2 Å². The number of carbonyl (C=O) groups is 1. The van der Waals surface area contributed by atoms with Crippen molar-refractivity contribution in [2.24, 2.45) is 0 Å². The lowest BCUT2D eigenvalue weighted by Gasteiger charge is -2.08. The molecule has 1 saturated carbocycles. The van der Waals surface area contributed by atoms with E-state index in [0.29, 0.717) is 22.3 Å². The molecule has 6 nitrogen and oxygen atoms in total. The maximum Gasteiger partial charge on any atom is 0.268 e. The minimum atomic E-state index is -0.178. The van der Waals surface area contributed by atoms with Crippen molar-refractivity contribution in [2.45, 2.75) is 38.5 Å². The fraction of sp³-hybridized carbons (Fsp3) is 0.500. The van der Waals surface area contributed by atoms with E-state index in [4.69, 9.17) is 0 Å². The fourth-order valence-electron chi connectivity index (χ4n) is 2.42. The van der Waals surface area contributed by atoms with Crippen LogP contribution in [0.4, 0.5) is 5.82 Å². The van der Waals surface area contributed by atoms with Crippen LogP contribution in [0.15, 0.2) is 10.1 Å². The first-order valence-corrected chi connectivity index (χ1v) is 7.17. The predicted molar refractivity (Wildman–Crippen MR) is 70.3 cm³/mol. The average Bonchev–Trinajstić information content (AvgIpc) is 3.09. The Morgan fingerprint density at radius 2 is 2.21 bits per heavy atom. The van der Waals surface area contributed by atoms with Crippen LogP contribution in [0, 0.1) is 6.92 Å². The fourth-order valence-corrected chi connectivity index (χ4v) is 3.19. The van der Waals surface area contributed by atoms with E-state index < -0.39 is 0 Å². The molecule has 1 fully saturated rings. The summed E-state index contributed by atoms with van der Waals surface area (Å²) in [5, 5.41) is 10.0. The van der Waals surface area contributed by atoms with Crippen LogP contribution in [-0.2, 0) is 0 Å². The lowest BCUT2D eigenvalue weighted by atomic mass is 10.0. The summed E-state index contributed by atoms with van der Waals surface area (Å²) >= 11 is 1.37. The van der Waals surface area contributed by atoms with Gasteiger partial charge in [0.15, 0.2) is 0 Å². The number of aromatic nitrogens is 3. The molecule has 2 aromatic rings. The molecule has 0 saturated heterocycles. The molecule has 1 amide bonds. The van der Waals surface area contributed by atoms with Crippen molar-refractivity contribution in [3.05, 3.63) is 21.8 Å². The summed E-state index contributed by atoms with van der Waals surface area (Å²) in [6, 6.07) is 0. The zero-order chi connectivity index (χ0) is 13.2. The second kappa shape index (κ2) is 5.08. The number of rotatable bonds is 3. The number of aryl methyl sites for hydroxylation is 1. The monoisotopic (exact) mass is 278 g/mol. The van der Waals surface area contributed by atoms with Gasteiger partial charge in [-0.2, -0.15) is 0 Å². The molecule has 7 heteroatoms. The van der Waals surface area contributed by atoms with E-state index in [-0.39, 0.29) is 5.91 Å². The normalized spacial score (nSPS) is 15.8. The van der Waals surface area contributed by atoms with Gasteiger partial charge in [-0.15, -0.1) is 11.3 Å². The van der Waals surface area contributed by atoms with Gasteiger partial charge in [0.25, 0.3) is 5.91 Å². The van der Waals surface area contributed by atoms with Crippen molar-refractivity contribution in [1.29, 1.82) is 0 Å². The third-order valence-electron chi connectivity index (χ3n) is 3.43. The zero-order valence-electron chi connectivity index (χ0n) is 10.5. The number of hydrogen-bond donors (Lipinski definition) is 1. The number of hydrogen-bond acceptors (Lipinski definition) is 6. The predicted octanol–water partition coefficient (Wildman–Crippen LogP) is 2.74. The molecule has 1 aliphatic carbocycles. The first-order valence-electron chi connectivity index (χ1n) is 6.29. The van der Waals surface area contributed by atoms with Gasteiger partial charge in [-0.3, -0.25) is 4.79 Å². The Morgan fingerprint density at radius 3 is 2.89 bits per heavy atom. The largest absolute Gasteiger partial charge is 0.301 e. The number of thiazole rings is 1. The van der Waals surface area contributed by atoms with Crippen LogP contribution in [0.3, 0.4) is 0 Å². The molecule has 0 spiro atoms. The van der Waals surface area contributed by atoms with E-state index >= 15 is 0 Å². The van der Waals surface area contributed by atoms with Crippen LogP contribution >= 0.6 is 11.3 Å². The number of nitrogens with one attached hydrogen (secondary N) is 1. The van der Waals surface area contributed by atoms with Crippen LogP contribution in [-0.4, -0.2) is 21.2 Å². The van der Waals surface area contributed by atoms with E-state index in [1.807, 2.05) is 0 Å². The Kier molecular flexibility index (Phi) is 3.29. The van der Waals surface area contributed by atoms with Crippen LogP contribution in [0.25, 0.3) is 0 Å². The average molecular weight is 278 g/mol. The molecule has 0 unspecified atom stereocenters. The van der Waals surface area contributed by atoms with Crippen molar-refractivity contribution in [2.75, 3.05) is 5.32 Å². The first-order chi connectivity index (χ1) is 9.25. The second-order valence-corrected chi connectivity index (χ2v) is 5.56. The summed E-state index contributed by atoms with van der Waals surface area (Å²) in [7, 11) is 0. The van der Waals surface area contributed by atoms with Gasteiger partial charge in [0.1, 0.15) is 10.6 Å². The summed E-state index contributed by atoms with van der Waals surface area (Å²) < 4.78 is 4.57. The summed E-state index contributed by atoms with van der Waals surface area (Å²) in [6.07, 6.45) is 4.67. The molecule has 19 heavy (non-hydrogen) atoms. The second-order valence-electron chi connectivity index (χ2n) is 4.70. The summed E-state index contributed by atoms with van der Waals surface area (Å²) in [6.45, 7) is 1.73. The third-order valence-corrected chi connectivity index (χ3v) is 4.27. The Morgan fingerprint density at radius 1 is 1.42 bits per heavy atom. The molecule has 2 heterocycles. The smallest absolute Gasteiger partial charge is 0.268 e. The molecule has 2 aromatic heterocycles. The maximum absolute atomic E-state index is 12.3. The zero-order valence-corrected chi connectivity index (χ0v) is 11.4. The quantitative estimate of drug-likeness (QED) is 0.933.